The molecule has 6 nitrogen and oxygen atoms in total. The molecule has 1 aliphatic rings. The Balaban J connectivity index is 1.59. The van der Waals surface area contributed by atoms with Gasteiger partial charge in [-0.05, 0) is 43.2 Å². The van der Waals surface area contributed by atoms with Crippen LogP contribution in [0, 0.1) is 17.1 Å². The molecule has 0 spiro atoms. The summed E-state index contributed by atoms with van der Waals surface area (Å²) in [4.78, 5) is 13.6. The molecular weight excluding hydrogens is 424 g/mol. The molecule has 3 aromatic rings. The van der Waals surface area contributed by atoms with E-state index in [1.54, 1.807) is 6.07 Å². The molecule has 0 amide bonds. The van der Waals surface area contributed by atoms with Gasteiger partial charge in [-0.1, -0.05) is 0 Å². The molecule has 1 atom stereocenters. The zero-order chi connectivity index (χ0) is 22.7. The van der Waals surface area contributed by atoms with Crippen molar-refractivity contribution in [3.05, 3.63) is 65.9 Å². The molecule has 0 aliphatic carbocycles. The lowest BCUT2D eigenvalue weighted by molar-refractivity contribution is -0.141. The first kappa shape index (κ1) is 21.5. The second-order valence-electron chi connectivity index (χ2n) is 7.40. The number of nitrogens with zero attached hydrogens (tertiary/aromatic N) is 5. The first-order valence-electron chi connectivity index (χ1n) is 9.91. The van der Waals surface area contributed by atoms with Gasteiger partial charge in [0.05, 0.1) is 17.3 Å². The SMILES string of the molecule is N#Cc1ccc(N2CCCC(Nc3cc(C(F)(F)F)nc(-c4ccncc4)n3)C2)c(F)c1. The van der Waals surface area contributed by atoms with Gasteiger partial charge >= 0.3 is 6.18 Å². The Morgan fingerprint density at radius 3 is 2.56 bits per heavy atom. The topological polar surface area (TPSA) is 77.7 Å². The first-order valence-corrected chi connectivity index (χ1v) is 9.91. The van der Waals surface area contributed by atoms with Crippen LogP contribution in [0.1, 0.15) is 24.1 Å². The van der Waals surface area contributed by atoms with Gasteiger partial charge in [-0.15, -0.1) is 0 Å². The zero-order valence-corrected chi connectivity index (χ0v) is 16.8. The van der Waals surface area contributed by atoms with Gasteiger partial charge < -0.3 is 10.2 Å². The van der Waals surface area contributed by atoms with Crippen LogP contribution in [-0.4, -0.2) is 34.1 Å². The second-order valence-corrected chi connectivity index (χ2v) is 7.40. The standard InChI is InChI=1S/C22H18F4N6/c23-17-10-14(12-27)3-4-18(17)32-9-1-2-16(13-32)29-20-11-19(22(24,25)26)30-21(31-20)15-5-7-28-8-6-15/h3-8,10-11,16H,1-2,9,13H2,(H,29,30,31). The maximum Gasteiger partial charge on any atom is 0.433 e. The minimum absolute atomic E-state index is 0.0475. The van der Waals surface area contributed by atoms with Gasteiger partial charge in [0.25, 0.3) is 0 Å². The van der Waals surface area contributed by atoms with Gasteiger partial charge in [0.1, 0.15) is 11.6 Å². The summed E-state index contributed by atoms with van der Waals surface area (Å²) in [5, 5.41) is 12.0. The van der Waals surface area contributed by atoms with Crippen molar-refractivity contribution in [2.45, 2.75) is 25.1 Å². The number of alkyl halides is 3. The highest BCUT2D eigenvalue weighted by Gasteiger charge is 2.34. The monoisotopic (exact) mass is 442 g/mol. The third-order valence-electron chi connectivity index (χ3n) is 5.15. The molecule has 0 bridgehead atoms. The number of piperidine rings is 1. The summed E-state index contributed by atoms with van der Waals surface area (Å²) in [6, 6.07) is 9.86. The second kappa shape index (κ2) is 8.78. The molecule has 1 N–H and O–H groups in total. The number of aromatic nitrogens is 3. The largest absolute Gasteiger partial charge is 0.433 e. The van der Waals surface area contributed by atoms with Crippen LogP contribution in [0.5, 0.6) is 0 Å². The maximum absolute atomic E-state index is 14.4. The van der Waals surface area contributed by atoms with E-state index in [4.69, 9.17) is 5.26 Å². The fourth-order valence-corrected chi connectivity index (χ4v) is 3.65. The molecule has 32 heavy (non-hydrogen) atoms. The molecule has 1 unspecified atom stereocenters. The van der Waals surface area contributed by atoms with Crippen molar-refractivity contribution in [2.75, 3.05) is 23.3 Å². The third kappa shape index (κ3) is 4.77. The zero-order valence-electron chi connectivity index (χ0n) is 16.8. The van der Waals surface area contributed by atoms with Gasteiger partial charge in [0.2, 0.25) is 0 Å². The normalized spacial score (nSPS) is 16.5. The fraction of sp³-hybridized carbons (Fsp3) is 0.273. The molecule has 1 aromatic carbocycles. The lowest BCUT2D eigenvalue weighted by Crippen LogP contribution is -2.42. The number of nitriles is 1. The molecule has 2 aromatic heterocycles. The predicted molar refractivity (Wildman–Crippen MR) is 110 cm³/mol. The van der Waals surface area contributed by atoms with Gasteiger partial charge in [0, 0.05) is 43.2 Å². The highest BCUT2D eigenvalue weighted by atomic mass is 19.4. The van der Waals surface area contributed by atoms with E-state index in [-0.39, 0.29) is 23.2 Å². The third-order valence-corrected chi connectivity index (χ3v) is 5.15. The Morgan fingerprint density at radius 1 is 1.09 bits per heavy atom. The number of pyridine rings is 1. The van der Waals surface area contributed by atoms with Crippen molar-refractivity contribution in [1.82, 2.24) is 15.0 Å². The summed E-state index contributed by atoms with van der Waals surface area (Å²) >= 11 is 0. The molecule has 10 heteroatoms. The summed E-state index contributed by atoms with van der Waals surface area (Å²) in [5.74, 6) is -0.520. The lowest BCUT2D eigenvalue weighted by Gasteiger charge is -2.35. The molecule has 0 saturated carbocycles. The molecule has 4 rings (SSSR count). The Bertz CT molecular complexity index is 1140. The molecule has 164 valence electrons. The highest BCUT2D eigenvalue weighted by Crippen LogP contribution is 2.31. The van der Waals surface area contributed by atoms with Crippen molar-refractivity contribution in [3.63, 3.8) is 0 Å². The van der Waals surface area contributed by atoms with E-state index in [1.807, 2.05) is 11.0 Å². The number of nitrogens with one attached hydrogen (secondary N) is 1. The average Bonchev–Trinajstić information content (AvgIpc) is 2.79. The number of benzene rings is 1. The Kier molecular flexibility index (Phi) is 5.90. The number of rotatable bonds is 4. The number of hydrogen-bond donors (Lipinski definition) is 1. The summed E-state index contributed by atoms with van der Waals surface area (Å²) in [7, 11) is 0. The van der Waals surface area contributed by atoms with Crippen LogP contribution in [0.2, 0.25) is 0 Å². The van der Waals surface area contributed by atoms with Gasteiger partial charge in [-0.25, -0.2) is 14.4 Å². The lowest BCUT2D eigenvalue weighted by atomic mass is 10.0. The maximum atomic E-state index is 14.4. The number of hydrogen-bond acceptors (Lipinski definition) is 6. The average molecular weight is 442 g/mol. The number of halogens is 4. The molecule has 3 heterocycles. The predicted octanol–water partition coefficient (Wildman–Crippen LogP) is 4.65. The van der Waals surface area contributed by atoms with Crippen LogP contribution in [0.3, 0.4) is 0 Å². The van der Waals surface area contributed by atoms with Gasteiger partial charge in [0.15, 0.2) is 11.5 Å². The molecule has 0 radical (unpaired) electrons. The van der Waals surface area contributed by atoms with E-state index >= 15 is 0 Å². The Morgan fingerprint density at radius 2 is 1.88 bits per heavy atom. The van der Waals surface area contributed by atoms with Crippen LogP contribution in [0.25, 0.3) is 11.4 Å². The van der Waals surface area contributed by atoms with Crippen LogP contribution in [0.4, 0.5) is 29.1 Å². The molecule has 1 fully saturated rings. The van der Waals surface area contributed by atoms with E-state index in [9.17, 15) is 17.6 Å². The fourth-order valence-electron chi connectivity index (χ4n) is 3.65. The van der Waals surface area contributed by atoms with Gasteiger partial charge in [-0.2, -0.15) is 18.4 Å². The summed E-state index contributed by atoms with van der Waals surface area (Å²) in [6.45, 7) is 0.972. The first-order chi connectivity index (χ1) is 15.3. The van der Waals surface area contributed by atoms with E-state index in [0.29, 0.717) is 37.2 Å². The molecule has 1 saturated heterocycles. The van der Waals surface area contributed by atoms with Crippen molar-refractivity contribution < 1.29 is 17.6 Å². The summed E-state index contributed by atoms with van der Waals surface area (Å²) in [6.07, 6.45) is -0.324. The Labute approximate surface area is 181 Å². The van der Waals surface area contributed by atoms with Crippen molar-refractivity contribution >= 4 is 11.5 Å². The van der Waals surface area contributed by atoms with Crippen molar-refractivity contribution in [2.24, 2.45) is 0 Å². The van der Waals surface area contributed by atoms with Crippen molar-refractivity contribution in [1.29, 1.82) is 5.26 Å². The van der Waals surface area contributed by atoms with E-state index < -0.39 is 17.7 Å². The molecule has 1 aliphatic heterocycles. The summed E-state index contributed by atoms with van der Waals surface area (Å²) in [5.41, 5.74) is -0.0550. The van der Waals surface area contributed by atoms with E-state index in [1.165, 1.54) is 36.7 Å². The molecular formula is C22H18F4N6. The minimum atomic E-state index is -4.63. The number of anilines is 2. The van der Waals surface area contributed by atoms with E-state index in [0.717, 1.165) is 6.07 Å². The van der Waals surface area contributed by atoms with Crippen LogP contribution < -0.4 is 10.2 Å². The van der Waals surface area contributed by atoms with Crippen molar-refractivity contribution in [3.8, 4) is 17.5 Å². The quantitative estimate of drug-likeness (QED) is 0.593. The Hall–Kier alpha value is -3.74. The van der Waals surface area contributed by atoms with E-state index in [2.05, 4.69) is 20.3 Å². The van der Waals surface area contributed by atoms with Crippen LogP contribution in [0.15, 0.2) is 48.8 Å². The van der Waals surface area contributed by atoms with Crippen LogP contribution >= 0.6 is 0 Å². The van der Waals surface area contributed by atoms with Crippen LogP contribution in [-0.2, 0) is 6.18 Å². The smallest absolute Gasteiger partial charge is 0.367 e. The minimum Gasteiger partial charge on any atom is -0.367 e. The summed E-state index contributed by atoms with van der Waals surface area (Å²) < 4.78 is 54.7. The van der Waals surface area contributed by atoms with Gasteiger partial charge in [-0.3, -0.25) is 4.98 Å². The highest BCUT2D eigenvalue weighted by molar-refractivity contribution is 5.57.